The lowest BCUT2D eigenvalue weighted by Gasteiger charge is -2.43. The molecule has 8 atom stereocenters. The molecule has 19 heteroatoms. The molecule has 2 saturated heterocycles. The van der Waals surface area contributed by atoms with Gasteiger partial charge in [0.05, 0.1) is 19.0 Å². The normalized spacial score (nSPS) is 33.9. The van der Waals surface area contributed by atoms with Crippen molar-refractivity contribution in [1.82, 2.24) is 10.6 Å². The van der Waals surface area contributed by atoms with Gasteiger partial charge in [-0.3, -0.25) is 18.7 Å². The molecule has 0 aromatic heterocycles. The van der Waals surface area contributed by atoms with E-state index in [9.17, 15) is 41.7 Å². The van der Waals surface area contributed by atoms with Crippen molar-refractivity contribution in [1.29, 1.82) is 0 Å². The number of hydrogen-bond acceptors (Lipinski definition) is 12. The minimum absolute atomic E-state index is 0.0274. The summed E-state index contributed by atoms with van der Waals surface area (Å²) in [5, 5.41) is 36.0. The predicted molar refractivity (Wildman–Crippen MR) is 111 cm³/mol. The van der Waals surface area contributed by atoms with Crippen molar-refractivity contribution < 1.29 is 69.8 Å². The lowest BCUT2D eigenvalue weighted by Crippen LogP contribution is -2.95. The molecule has 0 saturated carbocycles. The summed E-state index contributed by atoms with van der Waals surface area (Å²) in [5.41, 5.74) is 0. The molecule has 0 bridgehead atoms. The Morgan fingerprint density at radius 3 is 2.31 bits per heavy atom. The van der Waals surface area contributed by atoms with Gasteiger partial charge in [0, 0.05) is 19.9 Å². The first-order valence-corrected chi connectivity index (χ1v) is 13.3. The summed E-state index contributed by atoms with van der Waals surface area (Å²) in [6, 6.07) is -3.01. The van der Waals surface area contributed by atoms with Crippen LogP contribution >= 0.6 is 0 Å². The van der Waals surface area contributed by atoms with E-state index in [1.807, 2.05) is 0 Å². The van der Waals surface area contributed by atoms with E-state index in [0.717, 1.165) is 6.92 Å². The highest BCUT2D eigenvalue weighted by molar-refractivity contribution is 7.85. The van der Waals surface area contributed by atoms with Gasteiger partial charge in [0.25, 0.3) is 16.0 Å². The van der Waals surface area contributed by atoms with Gasteiger partial charge in [-0.15, -0.1) is 0 Å². The number of aliphatic hydroxyl groups is 3. The standard InChI is InChI=1S/C16H29N3O14S2/c1-7(22)18-12-13(23)14(33-35(28,29)30)11(6-21)32-16(12)31-10-4-8(19-9(10)5-20)15(24)17-2-3-34(25,26)27/h8-14,16,19-21,23H,2-6H2,1H3,(H,17,24)(H,18,22)(H,25,26,27)(H,28,29,30)/p+1/t8-,9+,10+,11-,12+,13+,14+,16-/m1/s1. The number of aliphatic hydroxyl groups excluding tert-OH is 3. The molecule has 2 aliphatic rings. The van der Waals surface area contributed by atoms with Crippen molar-refractivity contribution >= 4 is 32.3 Å². The van der Waals surface area contributed by atoms with Gasteiger partial charge in [-0.05, 0) is 0 Å². The molecule has 2 heterocycles. The Kier molecular flexibility index (Phi) is 10.3. The maximum absolute atomic E-state index is 12.4. The molecule has 0 aromatic rings. The summed E-state index contributed by atoms with van der Waals surface area (Å²) in [4.78, 5) is 24.0. The Balaban J connectivity index is 2.15. The Morgan fingerprint density at radius 1 is 1.14 bits per heavy atom. The van der Waals surface area contributed by atoms with Gasteiger partial charge in [-0.2, -0.15) is 16.8 Å². The van der Waals surface area contributed by atoms with E-state index in [1.165, 1.54) is 5.32 Å². The van der Waals surface area contributed by atoms with Crippen LogP contribution in [0.1, 0.15) is 13.3 Å². The zero-order valence-electron chi connectivity index (χ0n) is 18.5. The summed E-state index contributed by atoms with van der Waals surface area (Å²) >= 11 is 0. The van der Waals surface area contributed by atoms with E-state index in [2.05, 4.69) is 14.8 Å². The van der Waals surface area contributed by atoms with Gasteiger partial charge in [0.2, 0.25) is 5.91 Å². The number of rotatable bonds is 11. The molecule has 2 aliphatic heterocycles. The lowest BCUT2D eigenvalue weighted by atomic mass is 9.96. The molecule has 0 unspecified atom stereocenters. The summed E-state index contributed by atoms with van der Waals surface area (Å²) < 4.78 is 77.3. The SMILES string of the molecule is CC(=O)N[C@@H]1[C@H](O[C@H]2C[C@H](C(=O)NCCS(=O)(=O)O)[NH2+][C@H]2CO)O[C@H](CO)[C@H](OS(=O)(=O)O)[C@H]1O. The maximum Gasteiger partial charge on any atom is 0.397 e. The van der Waals surface area contributed by atoms with E-state index < -0.39 is 100 Å². The highest BCUT2D eigenvalue weighted by Gasteiger charge is 2.51. The maximum atomic E-state index is 12.4. The van der Waals surface area contributed by atoms with Crippen molar-refractivity contribution in [2.45, 2.75) is 62.2 Å². The van der Waals surface area contributed by atoms with Gasteiger partial charge < -0.3 is 40.7 Å². The van der Waals surface area contributed by atoms with Crippen LogP contribution in [0.2, 0.25) is 0 Å². The molecular formula is C16H30N3O14S2+. The van der Waals surface area contributed by atoms with Crippen molar-refractivity contribution in [2.24, 2.45) is 0 Å². The topological polar surface area (TPSA) is 272 Å². The van der Waals surface area contributed by atoms with Crippen LogP contribution in [0.5, 0.6) is 0 Å². The first-order chi connectivity index (χ1) is 16.1. The Hall–Kier alpha value is -1.52. The molecule has 204 valence electrons. The fraction of sp³-hybridized carbons (Fsp3) is 0.875. The third-order valence-electron chi connectivity index (χ3n) is 5.41. The van der Waals surface area contributed by atoms with Crippen LogP contribution in [0, 0.1) is 0 Å². The fourth-order valence-corrected chi connectivity index (χ4v) is 4.77. The minimum Gasteiger partial charge on any atom is -0.394 e. The Bertz CT molecular complexity index is 961. The molecular weight excluding hydrogens is 522 g/mol. The monoisotopic (exact) mass is 552 g/mol. The number of hydrogen-bond donors (Lipinski definition) is 8. The molecule has 2 rings (SSSR count). The number of carbonyl (C=O) groups excluding carboxylic acids is 2. The number of nitrogens with one attached hydrogen (secondary N) is 2. The largest absolute Gasteiger partial charge is 0.397 e. The smallest absolute Gasteiger partial charge is 0.394 e. The molecule has 0 aromatic carbocycles. The second kappa shape index (κ2) is 12.1. The molecule has 2 fully saturated rings. The second-order valence-electron chi connectivity index (χ2n) is 8.06. The van der Waals surface area contributed by atoms with E-state index >= 15 is 0 Å². The van der Waals surface area contributed by atoms with Gasteiger partial charge in [0.1, 0.15) is 36.5 Å². The third kappa shape index (κ3) is 8.82. The summed E-state index contributed by atoms with van der Waals surface area (Å²) in [5.74, 6) is -1.97. The predicted octanol–water partition coefficient (Wildman–Crippen LogP) is -6.16. The fourth-order valence-electron chi connectivity index (χ4n) is 3.89. The number of quaternary nitrogens is 1. The van der Waals surface area contributed by atoms with Gasteiger partial charge in [0.15, 0.2) is 12.3 Å². The van der Waals surface area contributed by atoms with Gasteiger partial charge in [-0.25, -0.2) is 4.18 Å². The summed E-state index contributed by atoms with van der Waals surface area (Å²) in [6.07, 6.45) is -7.60. The highest BCUT2D eigenvalue weighted by Crippen LogP contribution is 2.28. The van der Waals surface area contributed by atoms with Gasteiger partial charge in [-0.1, -0.05) is 0 Å². The molecule has 0 spiro atoms. The molecule has 0 aliphatic carbocycles. The van der Waals surface area contributed by atoms with E-state index in [0.29, 0.717) is 0 Å². The van der Waals surface area contributed by atoms with Crippen LogP contribution in [-0.2, 0) is 43.8 Å². The van der Waals surface area contributed by atoms with Crippen molar-refractivity contribution in [3.63, 3.8) is 0 Å². The van der Waals surface area contributed by atoms with Crippen LogP contribution in [0.25, 0.3) is 0 Å². The van der Waals surface area contributed by atoms with E-state index in [1.54, 1.807) is 0 Å². The van der Waals surface area contributed by atoms with Crippen molar-refractivity contribution in [3.8, 4) is 0 Å². The average Bonchev–Trinajstić information content (AvgIpc) is 3.13. The average molecular weight is 553 g/mol. The molecule has 17 nitrogen and oxygen atoms in total. The lowest BCUT2D eigenvalue weighted by molar-refractivity contribution is -0.695. The number of carbonyl (C=O) groups is 2. The second-order valence-corrected chi connectivity index (χ2v) is 10.7. The van der Waals surface area contributed by atoms with Crippen LogP contribution in [0.4, 0.5) is 0 Å². The first-order valence-electron chi connectivity index (χ1n) is 10.4. The molecule has 9 N–H and O–H groups in total. The zero-order chi connectivity index (χ0) is 26.6. The number of ether oxygens (including phenoxy) is 2. The van der Waals surface area contributed by atoms with Crippen LogP contribution < -0.4 is 16.0 Å². The minimum atomic E-state index is -5.08. The highest BCUT2D eigenvalue weighted by atomic mass is 32.3. The number of amides is 2. The summed E-state index contributed by atoms with van der Waals surface area (Å²) in [6.45, 7) is -0.610. The van der Waals surface area contributed by atoms with Gasteiger partial charge >= 0.3 is 10.4 Å². The Labute approximate surface area is 200 Å². The van der Waals surface area contributed by atoms with Crippen LogP contribution in [-0.4, -0.2) is 127 Å². The Morgan fingerprint density at radius 2 is 1.80 bits per heavy atom. The first kappa shape index (κ1) is 29.7. The van der Waals surface area contributed by atoms with E-state index in [-0.39, 0.29) is 13.0 Å². The van der Waals surface area contributed by atoms with Crippen molar-refractivity contribution in [3.05, 3.63) is 0 Å². The summed E-state index contributed by atoms with van der Waals surface area (Å²) in [7, 11) is -9.36. The molecule has 35 heavy (non-hydrogen) atoms. The quantitative estimate of drug-likeness (QED) is 0.111. The third-order valence-corrected chi connectivity index (χ3v) is 6.60. The van der Waals surface area contributed by atoms with E-state index in [4.69, 9.17) is 18.6 Å². The molecule has 2 amide bonds. The zero-order valence-corrected chi connectivity index (χ0v) is 20.1. The number of nitrogens with two attached hydrogens (primary N) is 1. The van der Waals surface area contributed by atoms with Crippen molar-refractivity contribution in [2.75, 3.05) is 25.5 Å². The molecule has 0 radical (unpaired) electrons. The van der Waals surface area contributed by atoms with Crippen LogP contribution in [0.15, 0.2) is 0 Å². The van der Waals surface area contributed by atoms with Crippen LogP contribution in [0.3, 0.4) is 0 Å².